The van der Waals surface area contributed by atoms with Crippen LogP contribution in [-0.4, -0.2) is 15.0 Å². The lowest BCUT2D eigenvalue weighted by Gasteiger charge is -2.10. The zero-order valence-electron chi connectivity index (χ0n) is 12.6. The van der Waals surface area contributed by atoms with Crippen molar-refractivity contribution in [1.29, 1.82) is 0 Å². The average molecular weight is 326 g/mol. The molecule has 0 aliphatic heterocycles. The molecule has 0 atom stereocenters. The van der Waals surface area contributed by atoms with Gasteiger partial charge < -0.3 is 10.6 Å². The van der Waals surface area contributed by atoms with E-state index in [0.717, 1.165) is 17.1 Å². The van der Waals surface area contributed by atoms with E-state index < -0.39 is 0 Å². The summed E-state index contributed by atoms with van der Waals surface area (Å²) in [6, 6.07) is 15.2. The maximum atomic E-state index is 6.17. The van der Waals surface area contributed by atoms with Crippen LogP contribution in [0.15, 0.2) is 54.7 Å². The molecule has 3 aromatic rings. The molecular formula is C17H16ClN5. The molecule has 23 heavy (non-hydrogen) atoms. The number of nitrogens with zero attached hydrogens (tertiary/aromatic N) is 3. The van der Waals surface area contributed by atoms with E-state index in [9.17, 15) is 0 Å². The van der Waals surface area contributed by atoms with Crippen molar-refractivity contribution < 1.29 is 0 Å². The Morgan fingerprint density at radius 1 is 1.04 bits per heavy atom. The molecule has 0 bridgehead atoms. The number of rotatable bonds is 5. The first-order chi connectivity index (χ1) is 11.2. The molecule has 0 amide bonds. The minimum Gasteiger partial charge on any atom is -0.349 e. The van der Waals surface area contributed by atoms with E-state index in [2.05, 4.69) is 25.6 Å². The SMILES string of the molecule is Cc1cc(Nc2ccccc2Cl)nc(NCc2ccccn2)n1. The van der Waals surface area contributed by atoms with E-state index >= 15 is 0 Å². The van der Waals surface area contributed by atoms with Gasteiger partial charge in [0.1, 0.15) is 5.82 Å². The Bertz CT molecular complexity index is 792. The molecule has 0 radical (unpaired) electrons. The van der Waals surface area contributed by atoms with Crippen molar-refractivity contribution >= 4 is 29.1 Å². The second kappa shape index (κ2) is 7.07. The molecule has 5 nitrogen and oxygen atoms in total. The van der Waals surface area contributed by atoms with Gasteiger partial charge in [-0.05, 0) is 31.2 Å². The monoisotopic (exact) mass is 325 g/mol. The first-order valence-corrected chi connectivity index (χ1v) is 7.59. The van der Waals surface area contributed by atoms with Gasteiger partial charge in [-0.15, -0.1) is 0 Å². The Morgan fingerprint density at radius 3 is 2.65 bits per heavy atom. The molecule has 1 aromatic carbocycles. The Labute approximate surface area is 139 Å². The molecule has 116 valence electrons. The summed E-state index contributed by atoms with van der Waals surface area (Å²) in [4.78, 5) is 13.1. The third-order valence-electron chi connectivity index (χ3n) is 3.14. The summed E-state index contributed by atoms with van der Waals surface area (Å²) in [7, 11) is 0. The van der Waals surface area contributed by atoms with E-state index in [1.54, 1.807) is 6.20 Å². The van der Waals surface area contributed by atoms with Gasteiger partial charge in [0, 0.05) is 18.0 Å². The molecule has 6 heteroatoms. The fourth-order valence-electron chi connectivity index (χ4n) is 2.08. The largest absolute Gasteiger partial charge is 0.349 e. The minimum absolute atomic E-state index is 0.546. The van der Waals surface area contributed by atoms with Gasteiger partial charge >= 0.3 is 0 Å². The van der Waals surface area contributed by atoms with E-state index in [-0.39, 0.29) is 0 Å². The van der Waals surface area contributed by atoms with Crippen LogP contribution in [-0.2, 0) is 6.54 Å². The molecule has 0 unspecified atom stereocenters. The summed E-state index contributed by atoms with van der Waals surface area (Å²) in [5.74, 6) is 1.24. The highest BCUT2D eigenvalue weighted by molar-refractivity contribution is 6.33. The van der Waals surface area contributed by atoms with Gasteiger partial charge in [0.25, 0.3) is 0 Å². The van der Waals surface area contributed by atoms with Crippen molar-refractivity contribution in [2.75, 3.05) is 10.6 Å². The Morgan fingerprint density at radius 2 is 1.87 bits per heavy atom. The maximum absolute atomic E-state index is 6.17. The second-order valence-electron chi connectivity index (χ2n) is 5.00. The van der Waals surface area contributed by atoms with Crippen LogP contribution in [0.5, 0.6) is 0 Å². The van der Waals surface area contributed by atoms with Crippen LogP contribution in [0.4, 0.5) is 17.5 Å². The molecule has 2 aromatic heterocycles. The van der Waals surface area contributed by atoms with Crippen LogP contribution in [0.25, 0.3) is 0 Å². The van der Waals surface area contributed by atoms with Crippen molar-refractivity contribution in [3.63, 3.8) is 0 Å². The smallest absolute Gasteiger partial charge is 0.225 e. The van der Waals surface area contributed by atoms with Crippen molar-refractivity contribution in [2.45, 2.75) is 13.5 Å². The summed E-state index contributed by atoms with van der Waals surface area (Å²) >= 11 is 6.17. The third-order valence-corrected chi connectivity index (χ3v) is 3.47. The zero-order chi connectivity index (χ0) is 16.1. The van der Waals surface area contributed by atoms with Crippen LogP contribution < -0.4 is 10.6 Å². The predicted molar refractivity (Wildman–Crippen MR) is 93.1 cm³/mol. The van der Waals surface area contributed by atoms with E-state index in [4.69, 9.17) is 11.6 Å². The van der Waals surface area contributed by atoms with Gasteiger partial charge in [0.05, 0.1) is 22.9 Å². The number of aromatic nitrogens is 3. The Kier molecular flexibility index (Phi) is 4.68. The first kappa shape index (κ1) is 15.2. The second-order valence-corrected chi connectivity index (χ2v) is 5.40. The summed E-state index contributed by atoms with van der Waals surface area (Å²) in [6.45, 7) is 2.49. The zero-order valence-corrected chi connectivity index (χ0v) is 13.4. The standard InChI is InChI=1S/C17H16ClN5/c1-12-10-16(22-15-8-3-2-7-14(15)18)23-17(21-12)20-11-13-6-4-5-9-19-13/h2-10H,11H2,1H3,(H2,20,21,22,23). The molecule has 0 saturated heterocycles. The number of pyridine rings is 1. The lowest BCUT2D eigenvalue weighted by atomic mass is 10.3. The van der Waals surface area contributed by atoms with E-state index in [1.165, 1.54) is 0 Å². The quantitative estimate of drug-likeness (QED) is 0.736. The average Bonchev–Trinajstić information content (AvgIpc) is 2.56. The van der Waals surface area contributed by atoms with Crippen LogP contribution in [0.3, 0.4) is 0 Å². The fraction of sp³-hybridized carbons (Fsp3) is 0.118. The topological polar surface area (TPSA) is 62.7 Å². The predicted octanol–water partition coefficient (Wildman–Crippen LogP) is 4.19. The number of hydrogen-bond donors (Lipinski definition) is 2. The Balaban J connectivity index is 1.75. The molecule has 2 heterocycles. The summed E-state index contributed by atoms with van der Waals surface area (Å²) in [5, 5.41) is 7.04. The molecular weight excluding hydrogens is 310 g/mol. The van der Waals surface area contributed by atoms with Gasteiger partial charge in [0.2, 0.25) is 5.95 Å². The normalized spacial score (nSPS) is 10.3. The van der Waals surface area contributed by atoms with Gasteiger partial charge in [0.15, 0.2) is 0 Å². The highest BCUT2D eigenvalue weighted by Crippen LogP contribution is 2.24. The van der Waals surface area contributed by atoms with Crippen LogP contribution >= 0.6 is 11.6 Å². The van der Waals surface area contributed by atoms with E-state index in [0.29, 0.717) is 23.3 Å². The molecule has 0 saturated carbocycles. The number of nitrogens with one attached hydrogen (secondary N) is 2. The number of para-hydroxylation sites is 1. The van der Waals surface area contributed by atoms with Gasteiger partial charge in [-0.25, -0.2) is 4.98 Å². The van der Waals surface area contributed by atoms with Crippen LogP contribution in [0.1, 0.15) is 11.4 Å². The van der Waals surface area contributed by atoms with Crippen LogP contribution in [0, 0.1) is 6.92 Å². The summed E-state index contributed by atoms with van der Waals surface area (Å²) in [5.41, 5.74) is 2.60. The molecule has 0 aliphatic carbocycles. The lowest BCUT2D eigenvalue weighted by molar-refractivity contribution is 0.991. The number of halogens is 1. The third kappa shape index (κ3) is 4.17. The lowest BCUT2D eigenvalue weighted by Crippen LogP contribution is -2.07. The minimum atomic E-state index is 0.546. The molecule has 0 fully saturated rings. The maximum Gasteiger partial charge on any atom is 0.225 e. The van der Waals surface area contributed by atoms with Crippen molar-refractivity contribution in [3.8, 4) is 0 Å². The number of aryl methyl sites for hydroxylation is 1. The number of anilines is 3. The molecule has 3 rings (SSSR count). The van der Waals surface area contributed by atoms with Gasteiger partial charge in [-0.2, -0.15) is 4.98 Å². The summed E-state index contributed by atoms with van der Waals surface area (Å²) < 4.78 is 0. The molecule has 0 aliphatic rings. The van der Waals surface area contributed by atoms with Gasteiger partial charge in [-0.3, -0.25) is 4.98 Å². The molecule has 2 N–H and O–H groups in total. The van der Waals surface area contributed by atoms with Crippen molar-refractivity contribution in [1.82, 2.24) is 15.0 Å². The summed E-state index contributed by atoms with van der Waals surface area (Å²) in [6.07, 6.45) is 1.76. The highest BCUT2D eigenvalue weighted by atomic mass is 35.5. The number of benzene rings is 1. The number of hydrogen-bond acceptors (Lipinski definition) is 5. The van der Waals surface area contributed by atoms with Gasteiger partial charge in [-0.1, -0.05) is 29.8 Å². The molecule has 0 spiro atoms. The van der Waals surface area contributed by atoms with Crippen LogP contribution in [0.2, 0.25) is 5.02 Å². The van der Waals surface area contributed by atoms with Crippen molar-refractivity contribution in [2.24, 2.45) is 0 Å². The fourth-order valence-corrected chi connectivity index (χ4v) is 2.27. The highest BCUT2D eigenvalue weighted by Gasteiger charge is 2.05. The van der Waals surface area contributed by atoms with Crippen molar-refractivity contribution in [3.05, 3.63) is 71.1 Å². The first-order valence-electron chi connectivity index (χ1n) is 7.22. The Hall–Kier alpha value is -2.66. The van der Waals surface area contributed by atoms with E-state index in [1.807, 2.05) is 55.5 Å².